The minimum atomic E-state index is -0.477. The lowest BCUT2D eigenvalue weighted by atomic mass is 10.0. The molecule has 0 amide bonds. The van der Waals surface area contributed by atoms with Crippen LogP contribution in [-0.4, -0.2) is 37.1 Å². The maximum Gasteiger partial charge on any atom is 0.186 e. The van der Waals surface area contributed by atoms with E-state index in [9.17, 15) is 0 Å². The summed E-state index contributed by atoms with van der Waals surface area (Å²) in [6, 6.07) is 3.48. The van der Waals surface area contributed by atoms with E-state index in [-0.39, 0.29) is 0 Å². The Morgan fingerprint density at radius 1 is 1.33 bits per heavy atom. The van der Waals surface area contributed by atoms with Gasteiger partial charge in [-0.1, -0.05) is 11.6 Å². The third kappa shape index (κ3) is 2.13. The van der Waals surface area contributed by atoms with Crippen LogP contribution in [-0.2, 0) is 9.47 Å². The molecule has 1 aromatic heterocycles. The van der Waals surface area contributed by atoms with E-state index >= 15 is 0 Å². The van der Waals surface area contributed by atoms with Crippen molar-refractivity contribution < 1.29 is 9.47 Å². The normalized spacial score (nSPS) is 22.6. The number of nitrogens with two attached hydrogens (primary N) is 1. The molecule has 0 bridgehead atoms. The van der Waals surface area contributed by atoms with Crippen LogP contribution < -0.4 is 10.6 Å². The molecule has 0 saturated carbocycles. The molecule has 2 aliphatic rings. The van der Waals surface area contributed by atoms with Crippen LogP contribution in [0.25, 0.3) is 0 Å². The van der Waals surface area contributed by atoms with E-state index in [2.05, 4.69) is 9.88 Å². The zero-order chi connectivity index (χ0) is 12.6. The minimum Gasteiger partial charge on any atom is -0.396 e. The van der Waals surface area contributed by atoms with Crippen LogP contribution in [0.5, 0.6) is 0 Å². The molecule has 3 heterocycles. The van der Waals surface area contributed by atoms with Crippen LogP contribution >= 0.6 is 11.6 Å². The summed E-state index contributed by atoms with van der Waals surface area (Å²) in [6.45, 7) is 2.87. The van der Waals surface area contributed by atoms with Crippen molar-refractivity contribution in [2.45, 2.75) is 18.6 Å². The van der Waals surface area contributed by atoms with Crippen molar-refractivity contribution in [2.24, 2.45) is 0 Å². The quantitative estimate of drug-likeness (QED) is 0.786. The summed E-state index contributed by atoms with van der Waals surface area (Å²) >= 11 is 5.93. The fraction of sp³-hybridized carbons (Fsp3) is 0.583. The van der Waals surface area contributed by atoms with Gasteiger partial charge in [-0.15, -0.1) is 0 Å². The largest absolute Gasteiger partial charge is 0.396 e. The number of hydrogen-bond acceptors (Lipinski definition) is 5. The predicted molar refractivity (Wildman–Crippen MR) is 69.7 cm³/mol. The highest BCUT2D eigenvalue weighted by molar-refractivity contribution is 6.29. The van der Waals surface area contributed by atoms with Crippen LogP contribution in [0.2, 0.25) is 5.15 Å². The summed E-state index contributed by atoms with van der Waals surface area (Å²) in [6.07, 6.45) is 1.91. The molecular weight excluding hydrogens is 254 g/mol. The molecule has 5 nitrogen and oxygen atoms in total. The SMILES string of the molecule is Nc1ccc(Cl)nc1N1CCCC2(C1)OCCO2. The van der Waals surface area contributed by atoms with Gasteiger partial charge in [0.25, 0.3) is 0 Å². The number of halogens is 1. The highest BCUT2D eigenvalue weighted by atomic mass is 35.5. The Hall–Kier alpha value is -1.04. The topological polar surface area (TPSA) is 60.6 Å². The monoisotopic (exact) mass is 269 g/mol. The smallest absolute Gasteiger partial charge is 0.186 e. The molecule has 6 heteroatoms. The van der Waals surface area contributed by atoms with E-state index in [1.807, 2.05) is 0 Å². The van der Waals surface area contributed by atoms with Gasteiger partial charge in [-0.2, -0.15) is 0 Å². The van der Waals surface area contributed by atoms with Crippen molar-refractivity contribution >= 4 is 23.1 Å². The standard InChI is InChI=1S/C12H16ClN3O2/c13-10-3-2-9(14)11(15-10)16-5-1-4-12(8-16)17-6-7-18-12/h2-3H,1,4-8,14H2. The first-order chi connectivity index (χ1) is 8.69. The molecular formula is C12H16ClN3O2. The molecule has 2 N–H and O–H groups in total. The van der Waals surface area contributed by atoms with E-state index in [4.69, 9.17) is 26.8 Å². The zero-order valence-electron chi connectivity index (χ0n) is 10.1. The average Bonchev–Trinajstić information content (AvgIpc) is 2.80. The Labute approximate surface area is 111 Å². The number of rotatable bonds is 1. The summed E-state index contributed by atoms with van der Waals surface area (Å²) in [4.78, 5) is 6.40. The maximum absolute atomic E-state index is 5.96. The van der Waals surface area contributed by atoms with Gasteiger partial charge in [0.2, 0.25) is 0 Å². The Morgan fingerprint density at radius 2 is 2.11 bits per heavy atom. The number of ether oxygens (including phenoxy) is 2. The number of nitrogen functional groups attached to an aromatic ring is 1. The number of piperidine rings is 1. The molecule has 0 unspecified atom stereocenters. The summed E-state index contributed by atoms with van der Waals surface area (Å²) in [7, 11) is 0. The summed E-state index contributed by atoms with van der Waals surface area (Å²) in [5, 5.41) is 0.451. The Bertz CT molecular complexity index is 449. The van der Waals surface area contributed by atoms with E-state index in [1.54, 1.807) is 12.1 Å². The number of pyridine rings is 1. The molecule has 18 heavy (non-hydrogen) atoms. The van der Waals surface area contributed by atoms with Crippen LogP contribution in [0.4, 0.5) is 11.5 Å². The Kier molecular flexibility index (Phi) is 3.05. The Balaban J connectivity index is 1.85. The molecule has 2 aliphatic heterocycles. The maximum atomic E-state index is 5.96. The van der Waals surface area contributed by atoms with Crippen molar-refractivity contribution in [1.29, 1.82) is 0 Å². The molecule has 0 atom stereocenters. The fourth-order valence-electron chi connectivity index (χ4n) is 2.59. The van der Waals surface area contributed by atoms with E-state index in [0.717, 1.165) is 25.2 Å². The van der Waals surface area contributed by atoms with Gasteiger partial charge in [0, 0.05) is 13.0 Å². The van der Waals surface area contributed by atoms with Gasteiger partial charge in [0.1, 0.15) is 5.15 Å². The average molecular weight is 270 g/mol. The predicted octanol–water partition coefficient (Wildman–Crippen LogP) is 1.66. The highest BCUT2D eigenvalue weighted by Gasteiger charge is 2.41. The first-order valence-corrected chi connectivity index (χ1v) is 6.51. The van der Waals surface area contributed by atoms with Gasteiger partial charge in [0.05, 0.1) is 25.4 Å². The summed E-state index contributed by atoms with van der Waals surface area (Å²) in [5.74, 6) is 0.245. The van der Waals surface area contributed by atoms with Gasteiger partial charge in [-0.25, -0.2) is 4.98 Å². The highest BCUT2D eigenvalue weighted by Crippen LogP contribution is 2.34. The van der Waals surface area contributed by atoms with Crippen LogP contribution in [0.3, 0.4) is 0 Å². The first-order valence-electron chi connectivity index (χ1n) is 6.13. The van der Waals surface area contributed by atoms with Gasteiger partial charge in [-0.05, 0) is 18.6 Å². The zero-order valence-corrected chi connectivity index (χ0v) is 10.8. The lowest BCUT2D eigenvalue weighted by Crippen LogP contribution is -2.49. The van der Waals surface area contributed by atoms with Gasteiger partial charge < -0.3 is 20.1 Å². The van der Waals surface area contributed by atoms with E-state index in [1.165, 1.54) is 0 Å². The Morgan fingerprint density at radius 3 is 2.89 bits per heavy atom. The van der Waals surface area contributed by atoms with Gasteiger partial charge >= 0.3 is 0 Å². The number of anilines is 2. The lowest BCUT2D eigenvalue weighted by molar-refractivity contribution is -0.161. The second-order valence-electron chi connectivity index (χ2n) is 4.68. The van der Waals surface area contributed by atoms with Crippen molar-refractivity contribution in [2.75, 3.05) is 36.9 Å². The third-order valence-corrected chi connectivity index (χ3v) is 3.61. The van der Waals surface area contributed by atoms with E-state index < -0.39 is 5.79 Å². The number of hydrogen-bond donors (Lipinski definition) is 1. The van der Waals surface area contributed by atoms with Crippen LogP contribution in [0, 0.1) is 0 Å². The summed E-state index contributed by atoms with van der Waals surface area (Å²) < 4.78 is 11.5. The number of aromatic nitrogens is 1. The van der Waals surface area contributed by atoms with E-state index in [0.29, 0.717) is 30.6 Å². The van der Waals surface area contributed by atoms with Gasteiger partial charge in [0.15, 0.2) is 11.6 Å². The lowest BCUT2D eigenvalue weighted by Gasteiger charge is -2.39. The van der Waals surface area contributed by atoms with Crippen LogP contribution in [0.15, 0.2) is 12.1 Å². The second-order valence-corrected chi connectivity index (χ2v) is 5.07. The molecule has 2 saturated heterocycles. The third-order valence-electron chi connectivity index (χ3n) is 3.40. The molecule has 3 rings (SSSR count). The van der Waals surface area contributed by atoms with Crippen LogP contribution in [0.1, 0.15) is 12.8 Å². The molecule has 0 radical (unpaired) electrons. The fourth-order valence-corrected chi connectivity index (χ4v) is 2.73. The van der Waals surface area contributed by atoms with Crippen molar-refractivity contribution in [1.82, 2.24) is 4.98 Å². The van der Waals surface area contributed by atoms with Crippen molar-refractivity contribution in [3.8, 4) is 0 Å². The summed E-state index contributed by atoms with van der Waals surface area (Å²) in [5.41, 5.74) is 6.60. The molecule has 0 aromatic carbocycles. The minimum absolute atomic E-state index is 0.451. The molecule has 2 fully saturated rings. The first kappa shape index (κ1) is 12.0. The molecule has 0 aliphatic carbocycles. The molecule has 1 aromatic rings. The molecule has 98 valence electrons. The van der Waals surface area contributed by atoms with Gasteiger partial charge in [-0.3, -0.25) is 0 Å². The van der Waals surface area contributed by atoms with Crippen molar-refractivity contribution in [3.05, 3.63) is 17.3 Å². The van der Waals surface area contributed by atoms with Crippen molar-refractivity contribution in [3.63, 3.8) is 0 Å². The number of nitrogens with zero attached hydrogens (tertiary/aromatic N) is 2. The second kappa shape index (κ2) is 4.57. The molecule has 1 spiro atoms.